The van der Waals surface area contributed by atoms with Crippen molar-refractivity contribution in [1.29, 1.82) is 0 Å². The molecule has 0 bridgehead atoms. The Hall–Kier alpha value is -2.74. The van der Waals surface area contributed by atoms with Crippen LogP contribution in [0.25, 0.3) is 0 Å². The minimum absolute atomic E-state index is 0.280. The number of thiocarbonyl (C=S) groups is 1. The van der Waals surface area contributed by atoms with Crippen molar-refractivity contribution in [3.05, 3.63) is 58.2 Å². The van der Waals surface area contributed by atoms with E-state index in [2.05, 4.69) is 20.8 Å². The van der Waals surface area contributed by atoms with Crippen molar-refractivity contribution in [2.45, 2.75) is 27.3 Å². The molecule has 0 fully saturated rings. The highest BCUT2D eigenvalue weighted by Crippen LogP contribution is 2.17. The summed E-state index contributed by atoms with van der Waals surface area (Å²) in [5.74, 6) is -0.638. The number of hydrogen-bond donors (Lipinski definition) is 3. The first-order chi connectivity index (χ1) is 12.4. The molecule has 1 aromatic heterocycles. The number of benzene rings is 1. The van der Waals surface area contributed by atoms with Crippen LogP contribution in [0.5, 0.6) is 0 Å². The summed E-state index contributed by atoms with van der Waals surface area (Å²) in [7, 11) is 0. The van der Waals surface area contributed by atoms with E-state index in [1.54, 1.807) is 32.2 Å². The number of carbonyl (C=O) groups excluding carboxylic acids is 1. The molecule has 2 rings (SSSR count). The molecule has 6 nitrogen and oxygen atoms in total. The molecule has 138 valence electrons. The quantitative estimate of drug-likeness (QED) is 0.313. The molecule has 2 aromatic rings. The fourth-order valence-electron chi connectivity index (χ4n) is 2.39. The molecule has 0 aliphatic carbocycles. The minimum Gasteiger partial charge on any atom is -0.462 e. The number of aromatic amines is 1. The Balaban J connectivity index is 1.91. The van der Waals surface area contributed by atoms with E-state index in [1.807, 2.05) is 6.92 Å². The lowest BCUT2D eigenvalue weighted by molar-refractivity contribution is 0.0525. The first-order valence-corrected chi connectivity index (χ1v) is 8.50. The molecule has 0 saturated carbocycles. The van der Waals surface area contributed by atoms with Crippen LogP contribution in [0.2, 0.25) is 0 Å². The van der Waals surface area contributed by atoms with Crippen LogP contribution in [0.15, 0.2) is 29.4 Å². The van der Waals surface area contributed by atoms with Crippen LogP contribution in [0, 0.1) is 19.7 Å². The number of halogens is 1. The van der Waals surface area contributed by atoms with Crippen molar-refractivity contribution in [3.63, 3.8) is 0 Å². The van der Waals surface area contributed by atoms with Gasteiger partial charge in [0.05, 0.1) is 24.1 Å². The van der Waals surface area contributed by atoms with Gasteiger partial charge in [-0.15, -0.1) is 0 Å². The molecule has 0 aliphatic rings. The highest BCUT2D eigenvalue weighted by molar-refractivity contribution is 7.80. The molecule has 1 aromatic carbocycles. The van der Waals surface area contributed by atoms with Gasteiger partial charge in [0, 0.05) is 12.2 Å². The maximum absolute atomic E-state index is 12.9. The second-order valence-electron chi connectivity index (χ2n) is 5.56. The van der Waals surface area contributed by atoms with Crippen molar-refractivity contribution < 1.29 is 13.9 Å². The molecule has 1 heterocycles. The van der Waals surface area contributed by atoms with Gasteiger partial charge >= 0.3 is 5.97 Å². The van der Waals surface area contributed by atoms with Crippen LogP contribution < -0.4 is 10.7 Å². The molecule has 0 spiro atoms. The predicted molar refractivity (Wildman–Crippen MR) is 103 cm³/mol. The van der Waals surface area contributed by atoms with E-state index in [1.165, 1.54) is 12.1 Å². The van der Waals surface area contributed by atoms with Gasteiger partial charge in [-0.2, -0.15) is 5.10 Å². The Morgan fingerprint density at radius 3 is 2.69 bits per heavy atom. The van der Waals surface area contributed by atoms with Crippen LogP contribution >= 0.6 is 12.2 Å². The fourth-order valence-corrected chi connectivity index (χ4v) is 2.52. The highest BCUT2D eigenvalue weighted by atomic mass is 32.1. The van der Waals surface area contributed by atoms with Gasteiger partial charge < -0.3 is 15.0 Å². The standard InChI is InChI=1S/C18H21FN4O2S/c1-4-25-17(24)16-11(2)15(22-12(16)3)10-21-23-18(26)20-9-13-5-7-14(19)8-6-13/h5-8,10,22H,4,9H2,1-3H3,(H2,20,23,26)/b21-10+. The average Bonchev–Trinajstić information content (AvgIpc) is 2.88. The van der Waals surface area contributed by atoms with Crippen LogP contribution in [-0.2, 0) is 11.3 Å². The second kappa shape index (κ2) is 9.10. The number of hydrazone groups is 1. The largest absolute Gasteiger partial charge is 0.462 e. The number of nitrogens with one attached hydrogen (secondary N) is 3. The third kappa shape index (κ3) is 5.13. The number of carbonyl (C=O) groups is 1. The molecule has 26 heavy (non-hydrogen) atoms. The summed E-state index contributed by atoms with van der Waals surface area (Å²) >= 11 is 5.14. The first-order valence-electron chi connectivity index (χ1n) is 8.10. The zero-order valence-electron chi connectivity index (χ0n) is 14.9. The molecule has 3 N–H and O–H groups in total. The smallest absolute Gasteiger partial charge is 0.340 e. The second-order valence-corrected chi connectivity index (χ2v) is 5.97. The minimum atomic E-state index is -0.358. The van der Waals surface area contributed by atoms with Crippen LogP contribution in [0.4, 0.5) is 4.39 Å². The summed E-state index contributed by atoms with van der Waals surface area (Å²) in [4.78, 5) is 15.1. The number of nitrogens with zero attached hydrogens (tertiary/aromatic N) is 1. The lowest BCUT2D eigenvalue weighted by atomic mass is 10.1. The van der Waals surface area contributed by atoms with E-state index in [0.717, 1.165) is 16.8 Å². The average molecular weight is 376 g/mol. The Kier molecular flexibility index (Phi) is 6.85. The third-order valence-corrected chi connectivity index (χ3v) is 3.92. The van der Waals surface area contributed by atoms with E-state index in [0.29, 0.717) is 29.5 Å². The molecule has 0 unspecified atom stereocenters. The van der Waals surface area contributed by atoms with E-state index >= 15 is 0 Å². The summed E-state index contributed by atoms with van der Waals surface area (Å²) in [6.45, 7) is 6.17. The van der Waals surface area contributed by atoms with Gasteiger partial charge in [-0.3, -0.25) is 5.43 Å². The number of hydrogen-bond acceptors (Lipinski definition) is 4. The van der Waals surface area contributed by atoms with Crippen LogP contribution in [0.1, 0.15) is 39.8 Å². The van der Waals surface area contributed by atoms with Gasteiger partial charge in [0.1, 0.15) is 5.82 Å². The summed E-state index contributed by atoms with van der Waals surface area (Å²) < 4.78 is 17.9. The molecular weight excluding hydrogens is 355 g/mol. The number of ether oxygens (including phenoxy) is 1. The molecular formula is C18H21FN4O2S. The Morgan fingerprint density at radius 1 is 1.35 bits per heavy atom. The number of H-pyrrole nitrogens is 1. The zero-order valence-corrected chi connectivity index (χ0v) is 15.7. The van der Waals surface area contributed by atoms with Gasteiger partial charge in [-0.05, 0) is 56.2 Å². The molecule has 8 heteroatoms. The lowest BCUT2D eigenvalue weighted by Gasteiger charge is -2.06. The molecule has 0 saturated heterocycles. The summed E-state index contributed by atoms with van der Waals surface area (Å²) in [6, 6.07) is 6.14. The van der Waals surface area contributed by atoms with Gasteiger partial charge in [-0.25, -0.2) is 9.18 Å². The van der Waals surface area contributed by atoms with E-state index in [9.17, 15) is 9.18 Å². The monoisotopic (exact) mass is 376 g/mol. The fraction of sp³-hybridized carbons (Fsp3) is 0.278. The number of esters is 1. The topological polar surface area (TPSA) is 78.5 Å². The molecule has 0 amide bonds. The van der Waals surface area contributed by atoms with E-state index < -0.39 is 0 Å². The highest BCUT2D eigenvalue weighted by Gasteiger charge is 2.18. The molecule has 0 radical (unpaired) electrons. The third-order valence-electron chi connectivity index (χ3n) is 3.68. The van der Waals surface area contributed by atoms with Crippen molar-refractivity contribution in [1.82, 2.24) is 15.7 Å². The Bertz CT molecular complexity index is 815. The van der Waals surface area contributed by atoms with E-state index in [4.69, 9.17) is 17.0 Å². The van der Waals surface area contributed by atoms with Crippen molar-refractivity contribution in [3.8, 4) is 0 Å². The van der Waals surface area contributed by atoms with Crippen molar-refractivity contribution in [2.75, 3.05) is 6.61 Å². The first kappa shape index (κ1) is 19.6. The molecule has 0 atom stereocenters. The van der Waals surface area contributed by atoms with Gasteiger partial charge in [0.2, 0.25) is 0 Å². The van der Waals surface area contributed by atoms with Gasteiger partial charge in [0.25, 0.3) is 0 Å². The number of aromatic nitrogens is 1. The van der Waals surface area contributed by atoms with Crippen LogP contribution in [-0.4, -0.2) is 28.9 Å². The summed E-state index contributed by atoms with van der Waals surface area (Å²) in [6.07, 6.45) is 1.55. The maximum Gasteiger partial charge on any atom is 0.340 e. The molecule has 0 aliphatic heterocycles. The summed E-state index contributed by atoms with van der Waals surface area (Å²) in [5.41, 5.74) is 6.30. The van der Waals surface area contributed by atoms with Gasteiger partial charge in [-0.1, -0.05) is 12.1 Å². The predicted octanol–water partition coefficient (Wildman–Crippen LogP) is 2.95. The number of aryl methyl sites for hydroxylation is 1. The summed E-state index contributed by atoms with van der Waals surface area (Å²) in [5, 5.41) is 7.37. The SMILES string of the molecule is CCOC(=O)c1c(C)[nH]c(/C=N/NC(=S)NCc2ccc(F)cc2)c1C. The van der Waals surface area contributed by atoms with E-state index in [-0.39, 0.29) is 11.8 Å². The maximum atomic E-state index is 12.9. The number of rotatable bonds is 6. The Morgan fingerprint density at radius 2 is 2.04 bits per heavy atom. The van der Waals surface area contributed by atoms with Crippen molar-refractivity contribution in [2.24, 2.45) is 5.10 Å². The lowest BCUT2D eigenvalue weighted by Crippen LogP contribution is -2.31. The Labute approximate surface area is 156 Å². The van der Waals surface area contributed by atoms with Crippen LogP contribution in [0.3, 0.4) is 0 Å². The van der Waals surface area contributed by atoms with Gasteiger partial charge in [0.15, 0.2) is 5.11 Å². The zero-order chi connectivity index (χ0) is 19.1. The van der Waals surface area contributed by atoms with Crippen molar-refractivity contribution >= 4 is 29.5 Å². The normalized spacial score (nSPS) is 10.8.